The molecule has 1 heterocycles. The Morgan fingerprint density at radius 3 is 2.88 bits per heavy atom. The molecule has 0 aromatic heterocycles. The first kappa shape index (κ1) is 14.7. The molecular weight excluding hydrogens is 212 g/mol. The SMILES string of the molecule is C=CCN(CCOC)CC1NCCCC1(C)C. The summed E-state index contributed by atoms with van der Waals surface area (Å²) in [7, 11) is 1.76. The number of hydrogen-bond donors (Lipinski definition) is 1. The Bertz CT molecular complexity index is 228. The smallest absolute Gasteiger partial charge is 0.0589 e. The lowest BCUT2D eigenvalue weighted by Gasteiger charge is -2.42. The Balaban J connectivity index is 2.48. The molecule has 1 rings (SSSR count). The molecular formula is C14H28N2O. The quantitative estimate of drug-likeness (QED) is 0.688. The first-order chi connectivity index (χ1) is 8.10. The van der Waals surface area contributed by atoms with E-state index in [9.17, 15) is 0 Å². The van der Waals surface area contributed by atoms with E-state index >= 15 is 0 Å². The van der Waals surface area contributed by atoms with Crippen LogP contribution in [0.4, 0.5) is 0 Å². The van der Waals surface area contributed by atoms with Gasteiger partial charge in [0.1, 0.15) is 0 Å². The minimum atomic E-state index is 0.394. The fraction of sp³-hybridized carbons (Fsp3) is 0.857. The highest BCUT2D eigenvalue weighted by atomic mass is 16.5. The maximum Gasteiger partial charge on any atom is 0.0589 e. The van der Waals surface area contributed by atoms with Crippen molar-refractivity contribution in [2.45, 2.75) is 32.7 Å². The second kappa shape index (κ2) is 7.14. The molecule has 0 aliphatic carbocycles. The average Bonchev–Trinajstić information content (AvgIpc) is 2.28. The number of nitrogens with one attached hydrogen (secondary N) is 1. The van der Waals surface area contributed by atoms with Gasteiger partial charge in [-0.05, 0) is 24.8 Å². The van der Waals surface area contributed by atoms with Crippen LogP contribution in [0.1, 0.15) is 26.7 Å². The molecule has 0 radical (unpaired) electrons. The second-order valence-electron chi connectivity index (χ2n) is 5.64. The van der Waals surface area contributed by atoms with Crippen LogP contribution >= 0.6 is 0 Å². The predicted octanol–water partition coefficient (Wildman–Crippen LogP) is 1.90. The topological polar surface area (TPSA) is 24.5 Å². The standard InChI is InChI=1S/C14H28N2O/c1-5-9-16(10-11-17-4)12-13-14(2,3)7-6-8-15-13/h5,13,15H,1,6-12H2,2-4H3. The molecule has 1 unspecified atom stereocenters. The Morgan fingerprint density at radius 2 is 2.29 bits per heavy atom. The van der Waals surface area contributed by atoms with Crippen molar-refractivity contribution < 1.29 is 4.74 Å². The molecule has 0 amide bonds. The number of piperidine rings is 1. The molecule has 3 nitrogen and oxygen atoms in total. The average molecular weight is 240 g/mol. The third kappa shape index (κ3) is 4.78. The summed E-state index contributed by atoms with van der Waals surface area (Å²) in [4.78, 5) is 2.42. The van der Waals surface area contributed by atoms with Gasteiger partial charge < -0.3 is 10.1 Å². The van der Waals surface area contributed by atoms with Crippen LogP contribution < -0.4 is 5.32 Å². The van der Waals surface area contributed by atoms with Gasteiger partial charge in [-0.25, -0.2) is 0 Å². The molecule has 1 fully saturated rings. The number of rotatable bonds is 7. The van der Waals surface area contributed by atoms with E-state index in [-0.39, 0.29) is 0 Å². The van der Waals surface area contributed by atoms with Crippen molar-refractivity contribution in [3.05, 3.63) is 12.7 Å². The van der Waals surface area contributed by atoms with Crippen molar-refractivity contribution in [1.82, 2.24) is 10.2 Å². The molecule has 1 atom stereocenters. The van der Waals surface area contributed by atoms with Crippen LogP contribution in [0.2, 0.25) is 0 Å². The Labute approximate surface area is 106 Å². The Morgan fingerprint density at radius 1 is 1.53 bits per heavy atom. The van der Waals surface area contributed by atoms with E-state index in [1.807, 2.05) is 6.08 Å². The molecule has 0 aromatic carbocycles. The lowest BCUT2D eigenvalue weighted by Crippen LogP contribution is -2.53. The zero-order chi connectivity index (χ0) is 12.7. The molecule has 17 heavy (non-hydrogen) atoms. The molecule has 1 N–H and O–H groups in total. The second-order valence-corrected chi connectivity index (χ2v) is 5.64. The van der Waals surface area contributed by atoms with Crippen LogP contribution in [0, 0.1) is 5.41 Å². The normalized spacial score (nSPS) is 23.9. The molecule has 3 heteroatoms. The minimum Gasteiger partial charge on any atom is -0.383 e. The summed E-state index contributed by atoms with van der Waals surface area (Å²) in [6.45, 7) is 13.5. The third-order valence-electron chi connectivity index (χ3n) is 3.77. The first-order valence-electron chi connectivity index (χ1n) is 6.65. The zero-order valence-corrected chi connectivity index (χ0v) is 11.7. The molecule has 1 saturated heterocycles. The van der Waals surface area contributed by atoms with Crippen molar-refractivity contribution in [3.63, 3.8) is 0 Å². The van der Waals surface area contributed by atoms with Gasteiger partial charge in [-0.1, -0.05) is 19.9 Å². The fourth-order valence-electron chi connectivity index (χ4n) is 2.50. The molecule has 0 bridgehead atoms. The predicted molar refractivity (Wildman–Crippen MR) is 73.3 cm³/mol. The largest absolute Gasteiger partial charge is 0.383 e. The summed E-state index contributed by atoms with van der Waals surface area (Å²) in [5, 5.41) is 3.66. The number of ether oxygens (including phenoxy) is 1. The monoisotopic (exact) mass is 240 g/mol. The third-order valence-corrected chi connectivity index (χ3v) is 3.77. The summed E-state index contributed by atoms with van der Waals surface area (Å²) in [5.74, 6) is 0. The number of methoxy groups -OCH3 is 1. The summed E-state index contributed by atoms with van der Waals surface area (Å²) in [6, 6.07) is 0.577. The molecule has 1 aliphatic rings. The van der Waals surface area contributed by atoms with Gasteiger partial charge in [0.15, 0.2) is 0 Å². The van der Waals surface area contributed by atoms with Gasteiger partial charge in [0, 0.05) is 32.8 Å². The van der Waals surface area contributed by atoms with E-state index in [1.165, 1.54) is 12.8 Å². The molecule has 0 saturated carbocycles. The molecule has 100 valence electrons. The van der Waals surface area contributed by atoms with Gasteiger partial charge in [0.2, 0.25) is 0 Å². The van der Waals surface area contributed by atoms with Crippen molar-refractivity contribution in [2.75, 3.05) is 39.9 Å². The highest BCUT2D eigenvalue weighted by Gasteiger charge is 2.32. The van der Waals surface area contributed by atoms with E-state index in [1.54, 1.807) is 7.11 Å². The van der Waals surface area contributed by atoms with Crippen molar-refractivity contribution >= 4 is 0 Å². The van der Waals surface area contributed by atoms with Crippen LogP contribution in [0.25, 0.3) is 0 Å². The van der Waals surface area contributed by atoms with Crippen LogP contribution in [-0.4, -0.2) is 50.8 Å². The number of hydrogen-bond acceptors (Lipinski definition) is 3. The van der Waals surface area contributed by atoms with Gasteiger partial charge in [-0.2, -0.15) is 0 Å². The van der Waals surface area contributed by atoms with Gasteiger partial charge >= 0.3 is 0 Å². The van der Waals surface area contributed by atoms with E-state index in [0.29, 0.717) is 11.5 Å². The van der Waals surface area contributed by atoms with E-state index in [2.05, 4.69) is 30.6 Å². The van der Waals surface area contributed by atoms with Gasteiger partial charge in [0.05, 0.1) is 6.61 Å². The summed E-state index contributed by atoms with van der Waals surface area (Å²) in [5.41, 5.74) is 0.394. The fourth-order valence-corrected chi connectivity index (χ4v) is 2.50. The van der Waals surface area contributed by atoms with E-state index in [0.717, 1.165) is 32.8 Å². The summed E-state index contributed by atoms with van der Waals surface area (Å²) in [6.07, 6.45) is 4.59. The van der Waals surface area contributed by atoms with Crippen LogP contribution in [0.15, 0.2) is 12.7 Å². The van der Waals surface area contributed by atoms with Crippen molar-refractivity contribution in [1.29, 1.82) is 0 Å². The van der Waals surface area contributed by atoms with Gasteiger partial charge in [-0.15, -0.1) is 6.58 Å². The Hall–Kier alpha value is -0.380. The highest BCUT2D eigenvalue weighted by molar-refractivity contribution is 4.91. The van der Waals surface area contributed by atoms with Crippen molar-refractivity contribution in [2.24, 2.45) is 5.41 Å². The minimum absolute atomic E-state index is 0.394. The van der Waals surface area contributed by atoms with Gasteiger partial charge in [-0.3, -0.25) is 4.90 Å². The zero-order valence-electron chi connectivity index (χ0n) is 11.7. The Kier molecular flexibility index (Phi) is 6.17. The first-order valence-corrected chi connectivity index (χ1v) is 6.65. The maximum atomic E-state index is 5.16. The summed E-state index contributed by atoms with van der Waals surface area (Å²) < 4.78 is 5.16. The lowest BCUT2D eigenvalue weighted by molar-refractivity contribution is 0.107. The van der Waals surface area contributed by atoms with Crippen LogP contribution in [0.3, 0.4) is 0 Å². The highest BCUT2D eigenvalue weighted by Crippen LogP contribution is 2.30. The van der Waals surface area contributed by atoms with E-state index in [4.69, 9.17) is 4.74 Å². The summed E-state index contributed by atoms with van der Waals surface area (Å²) >= 11 is 0. The lowest BCUT2D eigenvalue weighted by atomic mass is 9.77. The molecule has 1 aliphatic heterocycles. The van der Waals surface area contributed by atoms with E-state index < -0.39 is 0 Å². The number of nitrogens with zero attached hydrogens (tertiary/aromatic N) is 1. The maximum absolute atomic E-state index is 5.16. The van der Waals surface area contributed by atoms with Crippen molar-refractivity contribution in [3.8, 4) is 0 Å². The molecule has 0 spiro atoms. The molecule has 0 aromatic rings. The van der Waals surface area contributed by atoms with Crippen LogP contribution in [-0.2, 0) is 4.74 Å². The van der Waals surface area contributed by atoms with Gasteiger partial charge in [0.25, 0.3) is 0 Å². The van der Waals surface area contributed by atoms with Crippen LogP contribution in [0.5, 0.6) is 0 Å².